The first-order valence-electron chi connectivity index (χ1n) is 7.03. The van der Waals surface area contributed by atoms with Crippen LogP contribution < -0.4 is 15.8 Å². The summed E-state index contributed by atoms with van der Waals surface area (Å²) in [6, 6.07) is 3.97. The number of hydrogen-bond donors (Lipinski definition) is 2. The van der Waals surface area contributed by atoms with E-state index >= 15 is 0 Å². The van der Waals surface area contributed by atoms with Gasteiger partial charge in [-0.2, -0.15) is 0 Å². The quantitative estimate of drug-likeness (QED) is 0.587. The summed E-state index contributed by atoms with van der Waals surface area (Å²) in [5, 5.41) is 14.1. The van der Waals surface area contributed by atoms with Gasteiger partial charge in [-0.3, -0.25) is 14.9 Å². The SMILES string of the molecule is CC(Oc1ccc(Cl)cc1[N+](=O)[O-])C(=O)NC(CN)C1CC1. The van der Waals surface area contributed by atoms with Gasteiger partial charge in [0.15, 0.2) is 11.9 Å². The van der Waals surface area contributed by atoms with E-state index in [0.717, 1.165) is 12.8 Å². The van der Waals surface area contributed by atoms with E-state index < -0.39 is 11.0 Å². The first-order chi connectivity index (χ1) is 10.4. The highest BCUT2D eigenvalue weighted by Gasteiger charge is 2.32. The first-order valence-corrected chi connectivity index (χ1v) is 7.41. The molecule has 22 heavy (non-hydrogen) atoms. The lowest BCUT2D eigenvalue weighted by molar-refractivity contribution is -0.386. The molecule has 1 aromatic rings. The second kappa shape index (κ2) is 6.93. The smallest absolute Gasteiger partial charge is 0.312 e. The van der Waals surface area contributed by atoms with E-state index in [1.165, 1.54) is 25.1 Å². The average molecular weight is 328 g/mol. The molecule has 0 bridgehead atoms. The molecule has 7 nitrogen and oxygen atoms in total. The van der Waals surface area contributed by atoms with Crippen LogP contribution >= 0.6 is 11.6 Å². The van der Waals surface area contributed by atoms with Gasteiger partial charge in [0.05, 0.1) is 4.92 Å². The number of amides is 1. The maximum Gasteiger partial charge on any atom is 0.312 e. The van der Waals surface area contributed by atoms with Crippen LogP contribution in [0.15, 0.2) is 18.2 Å². The van der Waals surface area contributed by atoms with Crippen LogP contribution in [0.5, 0.6) is 5.75 Å². The van der Waals surface area contributed by atoms with Crippen molar-refractivity contribution in [2.24, 2.45) is 11.7 Å². The van der Waals surface area contributed by atoms with Gasteiger partial charge in [0.1, 0.15) is 0 Å². The molecule has 8 heteroatoms. The summed E-state index contributed by atoms with van der Waals surface area (Å²) in [6.07, 6.45) is 1.24. The Morgan fingerprint density at radius 2 is 2.27 bits per heavy atom. The highest BCUT2D eigenvalue weighted by molar-refractivity contribution is 6.30. The summed E-state index contributed by atoms with van der Waals surface area (Å²) < 4.78 is 5.42. The Morgan fingerprint density at radius 3 is 2.82 bits per heavy atom. The Balaban J connectivity index is 2.03. The van der Waals surface area contributed by atoms with E-state index in [-0.39, 0.29) is 28.4 Å². The van der Waals surface area contributed by atoms with Crippen LogP contribution in [0.1, 0.15) is 19.8 Å². The standard InChI is InChI=1S/C14H18ClN3O4/c1-8(14(19)17-11(7-16)9-2-3-9)22-13-5-4-10(15)6-12(13)18(20)21/h4-6,8-9,11H,2-3,7,16H2,1H3,(H,17,19). The third-order valence-corrected chi connectivity index (χ3v) is 3.80. The predicted molar refractivity (Wildman–Crippen MR) is 81.9 cm³/mol. The van der Waals surface area contributed by atoms with Gasteiger partial charge in [0.2, 0.25) is 0 Å². The van der Waals surface area contributed by atoms with Crippen LogP contribution in [0.2, 0.25) is 5.02 Å². The fourth-order valence-electron chi connectivity index (χ4n) is 2.14. The number of nitrogens with one attached hydrogen (secondary N) is 1. The zero-order chi connectivity index (χ0) is 16.3. The largest absolute Gasteiger partial charge is 0.474 e. The van der Waals surface area contributed by atoms with E-state index in [0.29, 0.717) is 12.5 Å². The molecule has 0 radical (unpaired) electrons. The Labute approximate surface area is 132 Å². The number of benzene rings is 1. The van der Waals surface area contributed by atoms with Crippen molar-refractivity contribution >= 4 is 23.2 Å². The molecule has 1 fully saturated rings. The van der Waals surface area contributed by atoms with Crippen molar-refractivity contribution in [2.45, 2.75) is 31.9 Å². The minimum atomic E-state index is -0.868. The molecular weight excluding hydrogens is 310 g/mol. The molecule has 0 heterocycles. The number of carbonyl (C=O) groups is 1. The van der Waals surface area contributed by atoms with Crippen molar-refractivity contribution in [3.8, 4) is 5.75 Å². The lowest BCUT2D eigenvalue weighted by Gasteiger charge is -2.20. The molecule has 1 aliphatic carbocycles. The maximum atomic E-state index is 12.1. The number of halogens is 1. The van der Waals surface area contributed by atoms with Gasteiger partial charge in [-0.15, -0.1) is 0 Å². The van der Waals surface area contributed by atoms with Gasteiger partial charge >= 0.3 is 5.69 Å². The van der Waals surface area contributed by atoms with Crippen molar-refractivity contribution in [1.82, 2.24) is 5.32 Å². The maximum absolute atomic E-state index is 12.1. The second-order valence-corrected chi connectivity index (χ2v) is 5.75. The van der Waals surface area contributed by atoms with Crippen LogP contribution in [0.4, 0.5) is 5.69 Å². The third-order valence-electron chi connectivity index (χ3n) is 3.56. The van der Waals surface area contributed by atoms with Gasteiger partial charge in [0.25, 0.3) is 5.91 Å². The number of rotatable bonds is 7. The van der Waals surface area contributed by atoms with Crippen LogP contribution in [-0.2, 0) is 4.79 Å². The summed E-state index contributed by atoms with van der Waals surface area (Å²) in [4.78, 5) is 22.5. The lowest BCUT2D eigenvalue weighted by atomic mass is 10.2. The molecule has 1 saturated carbocycles. The van der Waals surface area contributed by atoms with Crippen LogP contribution in [0, 0.1) is 16.0 Å². The van der Waals surface area contributed by atoms with E-state index in [9.17, 15) is 14.9 Å². The molecule has 0 aliphatic heterocycles. The fraction of sp³-hybridized carbons (Fsp3) is 0.500. The fourth-order valence-corrected chi connectivity index (χ4v) is 2.31. The highest BCUT2D eigenvalue weighted by Crippen LogP contribution is 2.33. The number of carbonyl (C=O) groups excluding carboxylic acids is 1. The summed E-state index contributed by atoms with van der Waals surface area (Å²) in [5.41, 5.74) is 5.36. The molecular formula is C14H18ClN3O4. The van der Waals surface area contributed by atoms with Gasteiger partial charge < -0.3 is 15.8 Å². The van der Waals surface area contributed by atoms with Crippen molar-refractivity contribution in [3.63, 3.8) is 0 Å². The van der Waals surface area contributed by atoms with E-state index in [1.807, 2.05) is 0 Å². The minimum absolute atomic E-state index is 0.00719. The van der Waals surface area contributed by atoms with E-state index in [1.54, 1.807) is 0 Å². The molecule has 2 unspecified atom stereocenters. The van der Waals surface area contributed by atoms with Crippen LogP contribution in [0.25, 0.3) is 0 Å². The topological polar surface area (TPSA) is 107 Å². The molecule has 0 aromatic heterocycles. The Kier molecular flexibility index (Phi) is 5.20. The molecule has 0 spiro atoms. The van der Waals surface area contributed by atoms with Gasteiger partial charge in [-0.05, 0) is 37.8 Å². The second-order valence-electron chi connectivity index (χ2n) is 5.32. The summed E-state index contributed by atoms with van der Waals surface area (Å²) in [5.74, 6) is 0.0883. The van der Waals surface area contributed by atoms with Crippen molar-refractivity contribution in [1.29, 1.82) is 0 Å². The van der Waals surface area contributed by atoms with Crippen molar-refractivity contribution in [3.05, 3.63) is 33.3 Å². The summed E-state index contributed by atoms with van der Waals surface area (Å²) in [6.45, 7) is 1.90. The molecule has 1 aliphatic rings. The van der Waals surface area contributed by atoms with E-state index in [2.05, 4.69) is 5.32 Å². The van der Waals surface area contributed by atoms with Gasteiger partial charge in [-0.25, -0.2) is 0 Å². The normalized spacial score (nSPS) is 16.7. The van der Waals surface area contributed by atoms with Gasteiger partial charge in [0, 0.05) is 23.7 Å². The van der Waals surface area contributed by atoms with Crippen LogP contribution in [0.3, 0.4) is 0 Å². The van der Waals surface area contributed by atoms with E-state index in [4.69, 9.17) is 22.1 Å². The Bertz CT molecular complexity index is 577. The average Bonchev–Trinajstić information content (AvgIpc) is 3.30. The molecule has 1 aromatic carbocycles. The highest BCUT2D eigenvalue weighted by atomic mass is 35.5. The monoisotopic (exact) mass is 327 g/mol. The minimum Gasteiger partial charge on any atom is -0.474 e. The third kappa shape index (κ3) is 4.08. The number of nitrogens with zero attached hydrogens (tertiary/aromatic N) is 1. The Hall–Kier alpha value is -1.86. The summed E-state index contributed by atoms with van der Waals surface area (Å²) >= 11 is 5.74. The number of hydrogen-bond acceptors (Lipinski definition) is 5. The molecule has 3 N–H and O–H groups in total. The lowest BCUT2D eigenvalue weighted by Crippen LogP contribution is -2.46. The molecule has 1 amide bonds. The van der Waals surface area contributed by atoms with Gasteiger partial charge in [-0.1, -0.05) is 11.6 Å². The van der Waals surface area contributed by atoms with Crippen molar-refractivity contribution in [2.75, 3.05) is 6.54 Å². The Morgan fingerprint density at radius 1 is 1.59 bits per heavy atom. The molecule has 2 rings (SSSR count). The molecule has 120 valence electrons. The molecule has 2 atom stereocenters. The number of nitrogens with two attached hydrogens (primary N) is 1. The number of nitro groups is 1. The van der Waals surface area contributed by atoms with Crippen molar-refractivity contribution < 1.29 is 14.5 Å². The zero-order valence-corrected chi connectivity index (χ0v) is 12.9. The predicted octanol–water partition coefficient (Wildman–Crippen LogP) is 1.87. The first kappa shape index (κ1) is 16.5. The number of ether oxygens (including phenoxy) is 1. The number of nitro benzene ring substituents is 1. The van der Waals surface area contributed by atoms with Crippen LogP contribution in [-0.4, -0.2) is 29.5 Å². The summed E-state index contributed by atoms with van der Waals surface area (Å²) in [7, 11) is 0. The molecule has 0 saturated heterocycles. The zero-order valence-electron chi connectivity index (χ0n) is 12.1.